The smallest absolute Gasteiger partial charge is 0.381 e. The van der Waals surface area contributed by atoms with E-state index in [0.29, 0.717) is 31.2 Å². The first-order valence-electron chi connectivity index (χ1n) is 7.68. The standard InChI is InChI=1S/C15H18F3N5O/c1-10-6-13(15(16,17)18)22-23(10)4-3-19-14-7-12(20-9-21-14)11-2-5-24-8-11/h6-7,9,11H,2-5,8H2,1H3,(H,19,20,21)/t11-/m1/s1. The zero-order valence-electron chi connectivity index (χ0n) is 13.2. The minimum Gasteiger partial charge on any atom is -0.381 e. The van der Waals surface area contributed by atoms with E-state index in [1.165, 1.54) is 11.0 Å². The molecule has 1 N–H and O–H groups in total. The Kier molecular flexibility index (Phi) is 4.70. The monoisotopic (exact) mass is 341 g/mol. The Morgan fingerprint density at radius 3 is 2.83 bits per heavy atom. The summed E-state index contributed by atoms with van der Waals surface area (Å²) < 4.78 is 44.6. The number of hydrogen-bond donors (Lipinski definition) is 1. The van der Waals surface area contributed by atoms with Crippen LogP contribution in [0.4, 0.5) is 19.0 Å². The van der Waals surface area contributed by atoms with Crippen molar-refractivity contribution in [1.29, 1.82) is 0 Å². The lowest BCUT2D eigenvalue weighted by Crippen LogP contribution is -2.15. The van der Waals surface area contributed by atoms with Gasteiger partial charge in [0.05, 0.1) is 18.8 Å². The molecule has 3 heterocycles. The molecule has 24 heavy (non-hydrogen) atoms. The second kappa shape index (κ2) is 6.76. The number of ether oxygens (including phenoxy) is 1. The van der Waals surface area contributed by atoms with Crippen LogP contribution in [0.25, 0.3) is 0 Å². The molecule has 0 radical (unpaired) electrons. The predicted molar refractivity (Wildman–Crippen MR) is 80.7 cm³/mol. The highest BCUT2D eigenvalue weighted by Crippen LogP contribution is 2.28. The highest BCUT2D eigenvalue weighted by atomic mass is 19.4. The fourth-order valence-electron chi connectivity index (χ4n) is 2.62. The molecule has 0 bridgehead atoms. The van der Waals surface area contributed by atoms with Crippen molar-refractivity contribution < 1.29 is 17.9 Å². The Balaban J connectivity index is 1.59. The molecule has 0 spiro atoms. The van der Waals surface area contributed by atoms with E-state index in [2.05, 4.69) is 20.4 Å². The van der Waals surface area contributed by atoms with Crippen LogP contribution >= 0.6 is 0 Å². The SMILES string of the molecule is Cc1cc(C(F)(F)F)nn1CCNc1cc([C@@H]2CCOC2)ncn1. The van der Waals surface area contributed by atoms with E-state index in [0.717, 1.165) is 24.8 Å². The van der Waals surface area contributed by atoms with Gasteiger partial charge in [0.15, 0.2) is 5.69 Å². The Labute approximate surface area is 137 Å². The van der Waals surface area contributed by atoms with Gasteiger partial charge in [-0.25, -0.2) is 9.97 Å². The Hall–Kier alpha value is -2.16. The molecule has 0 saturated carbocycles. The van der Waals surface area contributed by atoms with Crippen LogP contribution in [0.5, 0.6) is 0 Å². The fraction of sp³-hybridized carbons (Fsp3) is 0.533. The zero-order valence-corrected chi connectivity index (χ0v) is 13.2. The van der Waals surface area contributed by atoms with Crippen molar-refractivity contribution in [3.8, 4) is 0 Å². The number of anilines is 1. The van der Waals surface area contributed by atoms with Gasteiger partial charge >= 0.3 is 6.18 Å². The first kappa shape index (κ1) is 16.7. The summed E-state index contributed by atoms with van der Waals surface area (Å²) in [6.07, 6.45) is -2.01. The van der Waals surface area contributed by atoms with Crippen LogP contribution in [-0.4, -0.2) is 39.5 Å². The maximum atomic E-state index is 12.6. The van der Waals surface area contributed by atoms with Gasteiger partial charge in [-0.15, -0.1) is 0 Å². The van der Waals surface area contributed by atoms with Gasteiger partial charge in [-0.2, -0.15) is 18.3 Å². The molecule has 1 atom stereocenters. The lowest BCUT2D eigenvalue weighted by Gasteiger charge is -2.10. The molecule has 2 aromatic heterocycles. The van der Waals surface area contributed by atoms with Crippen LogP contribution in [0.3, 0.4) is 0 Å². The Morgan fingerprint density at radius 1 is 1.33 bits per heavy atom. The third kappa shape index (κ3) is 3.84. The van der Waals surface area contributed by atoms with Gasteiger partial charge in [-0.3, -0.25) is 4.68 Å². The molecule has 6 nitrogen and oxygen atoms in total. The molecule has 0 unspecified atom stereocenters. The summed E-state index contributed by atoms with van der Waals surface area (Å²) in [4.78, 5) is 8.39. The molecule has 3 rings (SSSR count). The molecule has 0 aromatic carbocycles. The summed E-state index contributed by atoms with van der Waals surface area (Å²) in [6, 6.07) is 2.90. The summed E-state index contributed by atoms with van der Waals surface area (Å²) in [5, 5.41) is 6.69. The number of nitrogens with one attached hydrogen (secondary N) is 1. The minimum absolute atomic E-state index is 0.274. The van der Waals surface area contributed by atoms with Crippen molar-refractivity contribution in [1.82, 2.24) is 19.7 Å². The van der Waals surface area contributed by atoms with Crippen molar-refractivity contribution in [2.45, 2.75) is 32.0 Å². The highest BCUT2D eigenvalue weighted by Gasteiger charge is 2.34. The van der Waals surface area contributed by atoms with Crippen molar-refractivity contribution >= 4 is 5.82 Å². The van der Waals surface area contributed by atoms with Gasteiger partial charge in [-0.05, 0) is 19.4 Å². The number of aryl methyl sites for hydroxylation is 1. The molecule has 9 heteroatoms. The third-order valence-electron chi connectivity index (χ3n) is 3.94. The first-order valence-corrected chi connectivity index (χ1v) is 7.68. The van der Waals surface area contributed by atoms with Crippen LogP contribution in [0, 0.1) is 6.92 Å². The van der Waals surface area contributed by atoms with Gasteiger partial charge in [0.1, 0.15) is 12.1 Å². The summed E-state index contributed by atoms with van der Waals surface area (Å²) in [5.41, 5.74) is 0.515. The van der Waals surface area contributed by atoms with Crippen molar-refractivity contribution in [2.75, 3.05) is 25.1 Å². The van der Waals surface area contributed by atoms with Gasteiger partial charge in [0, 0.05) is 30.8 Å². The lowest BCUT2D eigenvalue weighted by atomic mass is 10.1. The van der Waals surface area contributed by atoms with E-state index in [-0.39, 0.29) is 5.92 Å². The van der Waals surface area contributed by atoms with Crippen molar-refractivity contribution in [3.63, 3.8) is 0 Å². The van der Waals surface area contributed by atoms with E-state index in [1.54, 1.807) is 6.92 Å². The van der Waals surface area contributed by atoms with E-state index in [4.69, 9.17) is 4.74 Å². The van der Waals surface area contributed by atoms with Crippen LogP contribution in [0.1, 0.15) is 29.4 Å². The molecule has 0 amide bonds. The highest BCUT2D eigenvalue weighted by molar-refractivity contribution is 5.35. The second-order valence-corrected chi connectivity index (χ2v) is 5.71. The fourth-order valence-corrected chi connectivity index (χ4v) is 2.62. The average Bonchev–Trinajstić information content (AvgIpc) is 3.17. The van der Waals surface area contributed by atoms with E-state index in [1.807, 2.05) is 6.07 Å². The average molecular weight is 341 g/mol. The molecule has 1 aliphatic rings. The van der Waals surface area contributed by atoms with Crippen LogP contribution in [-0.2, 0) is 17.5 Å². The Morgan fingerprint density at radius 2 is 2.17 bits per heavy atom. The first-order chi connectivity index (χ1) is 11.4. The third-order valence-corrected chi connectivity index (χ3v) is 3.94. The van der Waals surface area contributed by atoms with E-state index in [9.17, 15) is 13.2 Å². The molecular weight excluding hydrogens is 323 g/mol. The number of aromatic nitrogens is 4. The normalized spacial score (nSPS) is 18.1. The summed E-state index contributed by atoms with van der Waals surface area (Å²) >= 11 is 0. The van der Waals surface area contributed by atoms with Crippen molar-refractivity contribution in [3.05, 3.63) is 35.5 Å². The van der Waals surface area contributed by atoms with Crippen LogP contribution in [0.2, 0.25) is 0 Å². The number of hydrogen-bond acceptors (Lipinski definition) is 5. The topological polar surface area (TPSA) is 64.9 Å². The molecule has 1 saturated heterocycles. The van der Waals surface area contributed by atoms with E-state index >= 15 is 0 Å². The number of halogens is 3. The van der Waals surface area contributed by atoms with Gasteiger partial charge in [0.25, 0.3) is 0 Å². The number of alkyl halides is 3. The maximum Gasteiger partial charge on any atom is 0.435 e. The molecule has 130 valence electrons. The largest absolute Gasteiger partial charge is 0.435 e. The summed E-state index contributed by atoms with van der Waals surface area (Å²) in [6.45, 7) is 3.72. The molecule has 1 fully saturated rings. The van der Waals surface area contributed by atoms with Gasteiger partial charge < -0.3 is 10.1 Å². The van der Waals surface area contributed by atoms with E-state index < -0.39 is 11.9 Å². The van der Waals surface area contributed by atoms with Gasteiger partial charge in [0.2, 0.25) is 0 Å². The summed E-state index contributed by atoms with van der Waals surface area (Å²) in [7, 11) is 0. The molecule has 2 aromatic rings. The van der Waals surface area contributed by atoms with Gasteiger partial charge in [-0.1, -0.05) is 0 Å². The number of rotatable bonds is 5. The van der Waals surface area contributed by atoms with Crippen LogP contribution in [0.15, 0.2) is 18.5 Å². The maximum absolute atomic E-state index is 12.6. The molecule has 0 aliphatic carbocycles. The predicted octanol–water partition coefficient (Wildman–Crippen LogP) is 2.62. The zero-order chi connectivity index (χ0) is 17.2. The number of nitrogens with zero attached hydrogens (tertiary/aromatic N) is 4. The molecule has 1 aliphatic heterocycles. The lowest BCUT2D eigenvalue weighted by molar-refractivity contribution is -0.141. The second-order valence-electron chi connectivity index (χ2n) is 5.71. The van der Waals surface area contributed by atoms with Crippen LogP contribution < -0.4 is 5.32 Å². The summed E-state index contributed by atoms with van der Waals surface area (Å²) in [5.74, 6) is 0.920. The quantitative estimate of drug-likeness (QED) is 0.906. The minimum atomic E-state index is -4.42. The molecular formula is C15H18F3N5O. The Bertz CT molecular complexity index is 695. The van der Waals surface area contributed by atoms with Crippen molar-refractivity contribution in [2.24, 2.45) is 0 Å².